The molecule has 0 unspecified atom stereocenters. The third-order valence-electron chi connectivity index (χ3n) is 1.71. The second-order valence-electron chi connectivity index (χ2n) is 2.69. The first-order valence-electron chi connectivity index (χ1n) is 3.96. The molecule has 2 rings (SSSR count). The van der Waals surface area contributed by atoms with Crippen molar-refractivity contribution < 1.29 is 4.79 Å². The molecule has 0 saturated carbocycles. The number of amides is 1. The zero-order valence-electron chi connectivity index (χ0n) is 7.51. The Morgan fingerprint density at radius 3 is 2.73 bits per heavy atom. The number of nitrogen functional groups attached to an aromatic ring is 1. The standard InChI is InChI=1S/C7H7N7O/c8-4-3(5(9)15)1-10-6(13-4)7-11-2-12-14-7/h1-2H,(H2,9,15)(H2,8,10,13)(H,11,12,14). The molecule has 8 heteroatoms. The van der Waals surface area contributed by atoms with E-state index < -0.39 is 5.91 Å². The molecule has 2 aromatic heterocycles. The number of nitrogens with zero attached hydrogens (tertiary/aromatic N) is 4. The Kier molecular flexibility index (Phi) is 2.01. The van der Waals surface area contributed by atoms with Crippen molar-refractivity contribution in [3.05, 3.63) is 18.1 Å². The molecule has 15 heavy (non-hydrogen) atoms. The van der Waals surface area contributed by atoms with Gasteiger partial charge < -0.3 is 11.5 Å². The van der Waals surface area contributed by atoms with Gasteiger partial charge >= 0.3 is 0 Å². The summed E-state index contributed by atoms with van der Waals surface area (Å²) in [5.74, 6) is -0.0201. The fraction of sp³-hybridized carbons (Fsp3) is 0. The molecule has 76 valence electrons. The maximum absolute atomic E-state index is 10.8. The van der Waals surface area contributed by atoms with E-state index in [0.29, 0.717) is 5.82 Å². The number of aromatic amines is 1. The normalized spacial score (nSPS) is 10.1. The molecule has 2 aromatic rings. The summed E-state index contributed by atoms with van der Waals surface area (Å²) in [5.41, 5.74) is 10.6. The number of primary amides is 1. The van der Waals surface area contributed by atoms with E-state index in [-0.39, 0.29) is 17.2 Å². The van der Waals surface area contributed by atoms with Gasteiger partial charge in [0.2, 0.25) is 0 Å². The molecule has 0 fully saturated rings. The largest absolute Gasteiger partial charge is 0.383 e. The van der Waals surface area contributed by atoms with Crippen LogP contribution in [0.2, 0.25) is 0 Å². The Balaban J connectivity index is 2.47. The highest BCUT2D eigenvalue weighted by Crippen LogP contribution is 2.12. The summed E-state index contributed by atoms with van der Waals surface area (Å²) in [5, 5.41) is 6.21. The van der Waals surface area contributed by atoms with Crippen molar-refractivity contribution in [1.29, 1.82) is 0 Å². The van der Waals surface area contributed by atoms with Crippen LogP contribution in [0.5, 0.6) is 0 Å². The summed E-state index contributed by atoms with van der Waals surface area (Å²) < 4.78 is 0. The van der Waals surface area contributed by atoms with Gasteiger partial charge in [-0.25, -0.2) is 15.0 Å². The van der Waals surface area contributed by atoms with Crippen molar-refractivity contribution in [3.63, 3.8) is 0 Å². The number of hydrogen-bond acceptors (Lipinski definition) is 6. The van der Waals surface area contributed by atoms with Gasteiger partial charge in [0.05, 0.1) is 5.56 Å². The van der Waals surface area contributed by atoms with Gasteiger partial charge in [0, 0.05) is 6.20 Å². The molecule has 0 saturated heterocycles. The highest BCUT2D eigenvalue weighted by Gasteiger charge is 2.11. The van der Waals surface area contributed by atoms with Crippen molar-refractivity contribution in [2.75, 3.05) is 5.73 Å². The number of H-pyrrole nitrogens is 1. The van der Waals surface area contributed by atoms with Gasteiger partial charge in [-0.15, -0.1) is 0 Å². The second kappa shape index (κ2) is 3.33. The minimum absolute atomic E-state index is 0.0175. The van der Waals surface area contributed by atoms with Gasteiger partial charge in [-0.2, -0.15) is 5.10 Å². The molecule has 0 radical (unpaired) electrons. The fourth-order valence-corrected chi connectivity index (χ4v) is 1.01. The number of nitrogens with one attached hydrogen (secondary N) is 1. The first-order chi connectivity index (χ1) is 7.18. The first-order valence-corrected chi connectivity index (χ1v) is 3.96. The summed E-state index contributed by atoms with van der Waals surface area (Å²) in [4.78, 5) is 22.4. The molecule has 0 aliphatic heterocycles. The van der Waals surface area contributed by atoms with Gasteiger partial charge in [0.25, 0.3) is 5.91 Å². The summed E-state index contributed by atoms with van der Waals surface area (Å²) >= 11 is 0. The van der Waals surface area contributed by atoms with Crippen LogP contribution < -0.4 is 11.5 Å². The molecular weight excluding hydrogens is 198 g/mol. The molecule has 0 aromatic carbocycles. The molecular formula is C7H7N7O. The highest BCUT2D eigenvalue weighted by molar-refractivity contribution is 5.96. The van der Waals surface area contributed by atoms with E-state index in [2.05, 4.69) is 25.1 Å². The van der Waals surface area contributed by atoms with Crippen molar-refractivity contribution in [2.24, 2.45) is 5.73 Å². The van der Waals surface area contributed by atoms with E-state index in [1.165, 1.54) is 12.5 Å². The Labute approximate surface area is 83.8 Å². The van der Waals surface area contributed by atoms with Crippen LogP contribution >= 0.6 is 0 Å². The maximum atomic E-state index is 10.8. The van der Waals surface area contributed by atoms with Crippen molar-refractivity contribution >= 4 is 11.7 Å². The third kappa shape index (κ3) is 1.59. The number of carbonyl (C=O) groups is 1. The summed E-state index contributed by atoms with van der Waals surface area (Å²) in [6.07, 6.45) is 2.57. The quantitative estimate of drug-likeness (QED) is 0.571. The van der Waals surface area contributed by atoms with Crippen LogP contribution in [0.3, 0.4) is 0 Å². The topological polar surface area (TPSA) is 136 Å². The molecule has 0 aliphatic rings. The summed E-state index contributed by atoms with van der Waals surface area (Å²) in [7, 11) is 0. The maximum Gasteiger partial charge on any atom is 0.254 e. The van der Waals surface area contributed by atoms with Gasteiger partial charge in [-0.05, 0) is 0 Å². The number of hydrogen-bond donors (Lipinski definition) is 3. The lowest BCUT2D eigenvalue weighted by molar-refractivity contribution is 0.100. The monoisotopic (exact) mass is 205 g/mol. The van der Waals surface area contributed by atoms with E-state index in [4.69, 9.17) is 11.5 Å². The van der Waals surface area contributed by atoms with Gasteiger partial charge in [0.15, 0.2) is 11.6 Å². The molecule has 5 N–H and O–H groups in total. The zero-order valence-corrected chi connectivity index (χ0v) is 7.51. The Bertz CT molecular complexity index is 492. The van der Waals surface area contributed by atoms with E-state index in [1.54, 1.807) is 0 Å². The number of anilines is 1. The van der Waals surface area contributed by atoms with Crippen molar-refractivity contribution in [1.82, 2.24) is 25.1 Å². The van der Waals surface area contributed by atoms with E-state index in [1.807, 2.05) is 0 Å². The van der Waals surface area contributed by atoms with Crippen LogP contribution in [-0.2, 0) is 0 Å². The molecule has 0 atom stereocenters. The number of nitrogens with two attached hydrogens (primary N) is 2. The predicted octanol–water partition coefficient (Wildman–Crippen LogP) is -1.06. The number of carbonyl (C=O) groups excluding carboxylic acids is 1. The first kappa shape index (κ1) is 9.06. The molecule has 0 bridgehead atoms. The van der Waals surface area contributed by atoms with Crippen LogP contribution in [0.1, 0.15) is 10.4 Å². The lowest BCUT2D eigenvalue weighted by Gasteiger charge is -2.00. The van der Waals surface area contributed by atoms with E-state index in [0.717, 1.165) is 0 Å². The lowest BCUT2D eigenvalue weighted by Crippen LogP contribution is -2.15. The SMILES string of the molecule is NC(=O)c1cnc(-c2ncn[nH]2)nc1N. The minimum Gasteiger partial charge on any atom is -0.383 e. The van der Waals surface area contributed by atoms with Crippen LogP contribution in [-0.4, -0.2) is 31.1 Å². The van der Waals surface area contributed by atoms with Crippen molar-refractivity contribution in [2.45, 2.75) is 0 Å². The predicted molar refractivity (Wildman–Crippen MR) is 50.3 cm³/mol. The molecule has 1 amide bonds. The van der Waals surface area contributed by atoms with E-state index >= 15 is 0 Å². The fourth-order valence-electron chi connectivity index (χ4n) is 1.01. The molecule has 0 spiro atoms. The van der Waals surface area contributed by atoms with Crippen LogP contribution in [0.15, 0.2) is 12.5 Å². The average molecular weight is 205 g/mol. The van der Waals surface area contributed by atoms with E-state index in [9.17, 15) is 4.79 Å². The Morgan fingerprint density at radius 2 is 2.20 bits per heavy atom. The highest BCUT2D eigenvalue weighted by atomic mass is 16.1. The summed E-state index contributed by atoms with van der Waals surface area (Å²) in [6, 6.07) is 0. The van der Waals surface area contributed by atoms with Crippen LogP contribution in [0.4, 0.5) is 5.82 Å². The lowest BCUT2D eigenvalue weighted by atomic mass is 10.3. The molecule has 2 heterocycles. The van der Waals surface area contributed by atoms with Gasteiger partial charge in [-0.3, -0.25) is 9.89 Å². The van der Waals surface area contributed by atoms with Crippen LogP contribution in [0.25, 0.3) is 11.6 Å². The van der Waals surface area contributed by atoms with Gasteiger partial charge in [0.1, 0.15) is 12.1 Å². The third-order valence-corrected chi connectivity index (χ3v) is 1.71. The van der Waals surface area contributed by atoms with Gasteiger partial charge in [-0.1, -0.05) is 0 Å². The Hall–Kier alpha value is -2.51. The number of aromatic nitrogens is 5. The Morgan fingerprint density at radius 1 is 1.40 bits per heavy atom. The van der Waals surface area contributed by atoms with Crippen LogP contribution in [0, 0.1) is 0 Å². The summed E-state index contributed by atoms with van der Waals surface area (Å²) in [6.45, 7) is 0. The van der Waals surface area contributed by atoms with Crippen molar-refractivity contribution in [3.8, 4) is 11.6 Å². The second-order valence-corrected chi connectivity index (χ2v) is 2.69. The molecule has 0 aliphatic carbocycles. The minimum atomic E-state index is -0.670. The smallest absolute Gasteiger partial charge is 0.254 e. The number of rotatable bonds is 2. The zero-order chi connectivity index (χ0) is 10.8. The average Bonchev–Trinajstić information content (AvgIpc) is 2.69. The molecule has 8 nitrogen and oxygen atoms in total.